The highest BCUT2D eigenvalue weighted by Gasteiger charge is 2.35. The van der Waals surface area contributed by atoms with Crippen molar-refractivity contribution in [2.45, 2.75) is 84.0 Å². The summed E-state index contributed by atoms with van der Waals surface area (Å²) in [4.78, 5) is 39.8. The highest BCUT2D eigenvalue weighted by Crippen LogP contribution is 2.28. The average molecular weight is 568 g/mol. The molecule has 2 N–H and O–H groups in total. The summed E-state index contributed by atoms with van der Waals surface area (Å²) in [7, 11) is 0. The van der Waals surface area contributed by atoms with Crippen LogP contribution in [0.1, 0.15) is 81.3 Å². The van der Waals surface area contributed by atoms with Crippen LogP contribution >= 0.6 is 0 Å². The number of amides is 3. The Bertz CT molecular complexity index is 1170. The lowest BCUT2D eigenvalue weighted by molar-refractivity contribution is -0.161. The molecule has 0 saturated heterocycles. The molecule has 1 heterocycles. The number of carbonyl (C=O) groups excluding carboxylic acids is 3. The summed E-state index contributed by atoms with van der Waals surface area (Å²) in [6.07, 6.45) is 2.32. The van der Waals surface area contributed by atoms with Gasteiger partial charge in [0.05, 0.1) is 11.6 Å². The minimum Gasteiger partial charge on any atom is -0.339 e. The number of rotatable bonds is 10. The molecule has 3 rings (SSSR count). The van der Waals surface area contributed by atoms with E-state index in [0.29, 0.717) is 17.1 Å². The first kappa shape index (κ1) is 31.1. The van der Waals surface area contributed by atoms with Crippen LogP contribution in [0, 0.1) is 11.7 Å². The lowest BCUT2D eigenvalue weighted by Crippen LogP contribution is -2.49. The first-order chi connectivity index (χ1) is 18.9. The SMILES string of the molecule is CCN(CC(F)(F)F)C(=O)[C@@H](C)c1ccc(NC(=O)[C@@H](NC(=O)c2ccnn2CC)C2CCCCCC2)c(F)c1. The number of carbonyl (C=O) groups is 3. The third-order valence-corrected chi connectivity index (χ3v) is 7.37. The summed E-state index contributed by atoms with van der Waals surface area (Å²) in [5.74, 6) is -3.80. The number of halogens is 4. The van der Waals surface area contributed by atoms with Crippen LogP contribution < -0.4 is 10.6 Å². The van der Waals surface area contributed by atoms with Crippen LogP contribution in [-0.4, -0.2) is 57.7 Å². The molecule has 0 bridgehead atoms. The second-order valence-electron chi connectivity index (χ2n) is 10.2. The topological polar surface area (TPSA) is 96.3 Å². The molecule has 0 aliphatic heterocycles. The van der Waals surface area contributed by atoms with E-state index in [0.717, 1.165) is 44.6 Å². The fourth-order valence-corrected chi connectivity index (χ4v) is 5.13. The second kappa shape index (κ2) is 13.8. The monoisotopic (exact) mass is 567 g/mol. The average Bonchev–Trinajstić information content (AvgIpc) is 3.24. The predicted molar refractivity (Wildman–Crippen MR) is 142 cm³/mol. The van der Waals surface area contributed by atoms with Crippen molar-refractivity contribution in [2.24, 2.45) is 5.92 Å². The smallest absolute Gasteiger partial charge is 0.339 e. The third-order valence-electron chi connectivity index (χ3n) is 7.37. The fourth-order valence-electron chi connectivity index (χ4n) is 5.13. The molecule has 1 saturated carbocycles. The van der Waals surface area contributed by atoms with Crippen molar-refractivity contribution in [1.29, 1.82) is 0 Å². The molecular formula is C28H37F4N5O3. The predicted octanol–water partition coefficient (Wildman–Crippen LogP) is 5.26. The summed E-state index contributed by atoms with van der Waals surface area (Å²) < 4.78 is 55.2. The van der Waals surface area contributed by atoms with Gasteiger partial charge in [0.2, 0.25) is 11.8 Å². The maximum atomic E-state index is 15.1. The number of aryl methyl sites for hydroxylation is 1. The molecule has 3 amide bonds. The number of likely N-dealkylation sites (N-methyl/N-ethyl adjacent to an activating group) is 1. The highest BCUT2D eigenvalue weighted by molar-refractivity contribution is 6.00. The minimum absolute atomic E-state index is 0.141. The van der Waals surface area contributed by atoms with Crippen molar-refractivity contribution < 1.29 is 31.9 Å². The Morgan fingerprint density at radius 1 is 1.10 bits per heavy atom. The Morgan fingerprint density at radius 3 is 2.35 bits per heavy atom. The van der Waals surface area contributed by atoms with E-state index in [9.17, 15) is 27.6 Å². The van der Waals surface area contributed by atoms with Crippen LogP contribution in [-0.2, 0) is 16.1 Å². The lowest BCUT2D eigenvalue weighted by Gasteiger charge is -2.27. The molecule has 12 heteroatoms. The maximum Gasteiger partial charge on any atom is 0.406 e. The number of nitrogens with one attached hydrogen (secondary N) is 2. The number of anilines is 1. The largest absolute Gasteiger partial charge is 0.406 e. The summed E-state index contributed by atoms with van der Waals surface area (Å²) in [5, 5.41) is 9.52. The van der Waals surface area contributed by atoms with Gasteiger partial charge in [0.1, 0.15) is 24.1 Å². The molecule has 8 nitrogen and oxygen atoms in total. The van der Waals surface area contributed by atoms with Gasteiger partial charge in [-0.05, 0) is 63.3 Å². The molecule has 0 spiro atoms. The van der Waals surface area contributed by atoms with Crippen molar-refractivity contribution >= 4 is 23.4 Å². The number of hydrogen-bond donors (Lipinski definition) is 2. The summed E-state index contributed by atoms with van der Waals surface area (Å²) in [6.45, 7) is 3.63. The molecule has 0 unspecified atom stereocenters. The van der Waals surface area contributed by atoms with Gasteiger partial charge in [0.25, 0.3) is 5.91 Å². The van der Waals surface area contributed by atoms with E-state index in [1.165, 1.54) is 36.9 Å². The van der Waals surface area contributed by atoms with Crippen molar-refractivity contribution in [3.8, 4) is 0 Å². The van der Waals surface area contributed by atoms with Crippen molar-refractivity contribution in [3.05, 3.63) is 47.5 Å². The fraction of sp³-hybridized carbons (Fsp3) is 0.571. The number of hydrogen-bond acceptors (Lipinski definition) is 4. The van der Waals surface area contributed by atoms with Gasteiger partial charge < -0.3 is 15.5 Å². The van der Waals surface area contributed by atoms with Crippen LogP contribution in [0.4, 0.5) is 23.2 Å². The van der Waals surface area contributed by atoms with E-state index < -0.39 is 48.2 Å². The van der Waals surface area contributed by atoms with Crippen LogP contribution in [0.15, 0.2) is 30.5 Å². The number of alkyl halides is 3. The van der Waals surface area contributed by atoms with Gasteiger partial charge in [-0.15, -0.1) is 0 Å². The summed E-state index contributed by atoms with van der Waals surface area (Å²) in [5.41, 5.74) is 0.347. The minimum atomic E-state index is -4.55. The van der Waals surface area contributed by atoms with Crippen molar-refractivity contribution in [3.63, 3.8) is 0 Å². The summed E-state index contributed by atoms with van der Waals surface area (Å²) >= 11 is 0. The first-order valence-electron chi connectivity index (χ1n) is 13.7. The number of aromatic nitrogens is 2. The Kier molecular flexibility index (Phi) is 10.7. The highest BCUT2D eigenvalue weighted by atomic mass is 19.4. The molecule has 0 radical (unpaired) electrons. The van der Waals surface area contributed by atoms with Gasteiger partial charge in [-0.1, -0.05) is 31.7 Å². The van der Waals surface area contributed by atoms with Gasteiger partial charge in [-0.2, -0.15) is 18.3 Å². The van der Waals surface area contributed by atoms with E-state index in [1.54, 1.807) is 6.07 Å². The van der Waals surface area contributed by atoms with Crippen molar-refractivity contribution in [1.82, 2.24) is 20.0 Å². The van der Waals surface area contributed by atoms with Gasteiger partial charge in [0, 0.05) is 19.3 Å². The van der Waals surface area contributed by atoms with Crippen LogP contribution in [0.2, 0.25) is 0 Å². The molecule has 1 aromatic heterocycles. The normalized spacial score (nSPS) is 16.1. The van der Waals surface area contributed by atoms with E-state index in [1.807, 2.05) is 6.92 Å². The van der Waals surface area contributed by atoms with Gasteiger partial charge >= 0.3 is 6.18 Å². The van der Waals surface area contributed by atoms with E-state index in [-0.39, 0.29) is 23.7 Å². The van der Waals surface area contributed by atoms with Gasteiger partial charge in [-0.25, -0.2) is 4.39 Å². The molecular weight excluding hydrogens is 530 g/mol. The molecule has 1 aromatic carbocycles. The zero-order valence-corrected chi connectivity index (χ0v) is 23.1. The first-order valence-corrected chi connectivity index (χ1v) is 13.7. The third kappa shape index (κ3) is 8.04. The van der Waals surface area contributed by atoms with Crippen LogP contribution in [0.5, 0.6) is 0 Å². The molecule has 220 valence electrons. The molecule has 1 aliphatic rings. The molecule has 2 atom stereocenters. The molecule has 40 heavy (non-hydrogen) atoms. The molecule has 1 fully saturated rings. The van der Waals surface area contributed by atoms with Crippen LogP contribution in [0.3, 0.4) is 0 Å². The molecule has 1 aliphatic carbocycles. The number of nitrogens with zero attached hydrogens (tertiary/aromatic N) is 3. The standard InChI is InChI=1S/C28H37F4N5O3/c1-4-36(17-28(30,31)32)27(40)18(3)20-12-13-22(21(29)16-20)34-26(39)24(19-10-8-6-7-9-11-19)35-25(38)23-14-15-33-37(23)5-2/h12-16,18-19,24H,4-11,17H2,1-3H3,(H,34,39)(H,35,38)/t18-,24-/m0/s1. The van der Waals surface area contributed by atoms with Crippen LogP contribution in [0.25, 0.3) is 0 Å². The second-order valence-corrected chi connectivity index (χ2v) is 10.2. The lowest BCUT2D eigenvalue weighted by atomic mass is 9.90. The Balaban J connectivity index is 1.78. The molecule has 2 aromatic rings. The maximum absolute atomic E-state index is 15.1. The Morgan fingerprint density at radius 2 is 1.77 bits per heavy atom. The quantitative estimate of drug-likeness (QED) is 0.302. The Hall–Kier alpha value is -3.44. The van der Waals surface area contributed by atoms with Crippen molar-refractivity contribution in [2.75, 3.05) is 18.4 Å². The Labute approximate surface area is 231 Å². The zero-order valence-electron chi connectivity index (χ0n) is 23.1. The number of benzene rings is 1. The van der Waals surface area contributed by atoms with E-state index >= 15 is 4.39 Å². The zero-order chi connectivity index (χ0) is 29.4. The van der Waals surface area contributed by atoms with Gasteiger partial charge in [-0.3, -0.25) is 19.1 Å². The van der Waals surface area contributed by atoms with Gasteiger partial charge in [0.15, 0.2) is 0 Å². The van der Waals surface area contributed by atoms with E-state index in [2.05, 4.69) is 15.7 Å². The summed E-state index contributed by atoms with van der Waals surface area (Å²) in [6, 6.07) is 4.38. The van der Waals surface area contributed by atoms with E-state index in [4.69, 9.17) is 0 Å².